The molecule has 3 rings (SSSR count). The van der Waals surface area contributed by atoms with Gasteiger partial charge in [-0.05, 0) is 25.3 Å². The van der Waals surface area contributed by atoms with Gasteiger partial charge in [-0.2, -0.15) is 4.31 Å². The summed E-state index contributed by atoms with van der Waals surface area (Å²) in [6, 6.07) is 8.84. The monoisotopic (exact) mass is 366 g/mol. The largest absolute Gasteiger partial charge is 0.395 e. The van der Waals surface area contributed by atoms with E-state index in [1.54, 1.807) is 4.90 Å². The zero-order valence-corrected chi connectivity index (χ0v) is 15.5. The second kappa shape index (κ2) is 7.05. The molecule has 6 nitrogen and oxygen atoms in total. The maximum atomic E-state index is 12.5. The molecule has 138 valence electrons. The standard InChI is InChI=1S/C18H26N2O4S/c1-3-19(18(22)14-9-10-14)11-15-17(13-7-5-4-6-8-13)16(12-21)20(15)25(2,23)24/h4-8,14-17,21H,3,9-12H2,1-2H3/t15-,16+,17-/m1/s1. The third kappa shape index (κ3) is 3.59. The number of hydrogen-bond donors (Lipinski definition) is 1. The fourth-order valence-corrected chi connectivity index (χ4v) is 5.29. The van der Waals surface area contributed by atoms with Crippen molar-refractivity contribution in [3.05, 3.63) is 35.9 Å². The van der Waals surface area contributed by atoms with Gasteiger partial charge in [-0.15, -0.1) is 0 Å². The Morgan fingerprint density at radius 1 is 1.24 bits per heavy atom. The molecule has 7 heteroatoms. The van der Waals surface area contributed by atoms with Crippen molar-refractivity contribution >= 4 is 15.9 Å². The summed E-state index contributed by atoms with van der Waals surface area (Å²) in [7, 11) is -3.47. The maximum absolute atomic E-state index is 12.5. The molecule has 0 unspecified atom stereocenters. The lowest BCUT2D eigenvalue weighted by Gasteiger charge is -2.54. The molecule has 1 aliphatic heterocycles. The number of amides is 1. The number of benzene rings is 1. The van der Waals surface area contributed by atoms with Crippen molar-refractivity contribution in [3.63, 3.8) is 0 Å². The number of rotatable bonds is 7. The van der Waals surface area contributed by atoms with Gasteiger partial charge in [0.2, 0.25) is 15.9 Å². The zero-order chi connectivity index (χ0) is 18.2. The van der Waals surface area contributed by atoms with Gasteiger partial charge in [-0.25, -0.2) is 8.42 Å². The fourth-order valence-electron chi connectivity index (χ4n) is 3.91. The SMILES string of the molecule is CCN(C[C@@H]1[C@@H](c2ccccc2)[C@H](CO)N1S(C)(=O)=O)C(=O)C1CC1. The molecule has 0 aromatic heterocycles. The molecule has 0 radical (unpaired) electrons. The number of aliphatic hydroxyl groups excluding tert-OH is 1. The molecular weight excluding hydrogens is 340 g/mol. The van der Waals surface area contributed by atoms with Crippen molar-refractivity contribution in [2.75, 3.05) is 26.0 Å². The average Bonchev–Trinajstić information content (AvgIpc) is 3.38. The summed E-state index contributed by atoms with van der Waals surface area (Å²) < 4.78 is 25.9. The van der Waals surface area contributed by atoms with Crippen molar-refractivity contribution < 1.29 is 18.3 Å². The Morgan fingerprint density at radius 2 is 1.88 bits per heavy atom. The highest BCUT2D eigenvalue weighted by atomic mass is 32.2. The predicted octanol–water partition coefficient (Wildman–Crippen LogP) is 1.03. The van der Waals surface area contributed by atoms with E-state index in [1.165, 1.54) is 10.6 Å². The van der Waals surface area contributed by atoms with Crippen LogP contribution in [0.3, 0.4) is 0 Å². The highest BCUT2D eigenvalue weighted by Crippen LogP contribution is 2.43. The number of carbonyl (C=O) groups is 1. The average molecular weight is 366 g/mol. The fraction of sp³-hybridized carbons (Fsp3) is 0.611. The summed E-state index contributed by atoms with van der Waals surface area (Å²) in [6.07, 6.45) is 3.03. The molecule has 3 atom stereocenters. The lowest BCUT2D eigenvalue weighted by Crippen LogP contribution is -2.68. The molecule has 25 heavy (non-hydrogen) atoms. The molecule has 1 saturated heterocycles. The van der Waals surface area contributed by atoms with Crippen molar-refractivity contribution in [3.8, 4) is 0 Å². The van der Waals surface area contributed by atoms with E-state index in [1.807, 2.05) is 37.3 Å². The van der Waals surface area contributed by atoms with Gasteiger partial charge < -0.3 is 10.0 Å². The minimum Gasteiger partial charge on any atom is -0.395 e. The summed E-state index contributed by atoms with van der Waals surface area (Å²) in [5.74, 6) is 0.118. The molecular formula is C18H26N2O4S. The van der Waals surface area contributed by atoms with Crippen LogP contribution in [0.2, 0.25) is 0 Å². The summed E-state index contributed by atoms with van der Waals surface area (Å²) in [6.45, 7) is 2.63. The topological polar surface area (TPSA) is 77.9 Å². The number of sulfonamides is 1. The predicted molar refractivity (Wildman–Crippen MR) is 95.5 cm³/mol. The molecule has 1 N–H and O–H groups in total. The number of nitrogens with zero attached hydrogens (tertiary/aromatic N) is 2. The third-order valence-corrected chi connectivity index (χ3v) is 6.57. The molecule has 0 spiro atoms. The summed E-state index contributed by atoms with van der Waals surface area (Å²) >= 11 is 0. The Labute approximate surface area is 149 Å². The Balaban J connectivity index is 1.88. The van der Waals surface area contributed by atoms with Crippen LogP contribution < -0.4 is 0 Å². The molecule has 1 saturated carbocycles. The maximum Gasteiger partial charge on any atom is 0.225 e. The smallest absolute Gasteiger partial charge is 0.225 e. The number of hydrogen-bond acceptors (Lipinski definition) is 4. The Morgan fingerprint density at radius 3 is 2.36 bits per heavy atom. The van der Waals surface area contributed by atoms with E-state index in [0.29, 0.717) is 13.1 Å². The van der Waals surface area contributed by atoms with Crippen LogP contribution in [0.5, 0.6) is 0 Å². The molecule has 1 aliphatic carbocycles. The van der Waals surface area contributed by atoms with Crippen LogP contribution in [0.15, 0.2) is 30.3 Å². The minimum atomic E-state index is -3.47. The first-order chi connectivity index (χ1) is 11.9. The number of carbonyl (C=O) groups excluding carboxylic acids is 1. The van der Waals surface area contributed by atoms with Gasteiger partial charge in [0, 0.05) is 24.9 Å². The van der Waals surface area contributed by atoms with Crippen LogP contribution in [0, 0.1) is 5.92 Å². The second-order valence-electron chi connectivity index (χ2n) is 7.00. The molecule has 2 aliphatic rings. The minimum absolute atomic E-state index is 0.107. The lowest BCUT2D eigenvalue weighted by molar-refractivity contribution is -0.134. The first kappa shape index (κ1) is 18.4. The van der Waals surface area contributed by atoms with Crippen LogP contribution in [-0.2, 0) is 14.8 Å². The van der Waals surface area contributed by atoms with Crippen LogP contribution in [0.4, 0.5) is 0 Å². The van der Waals surface area contributed by atoms with Gasteiger partial charge in [0.1, 0.15) is 0 Å². The lowest BCUT2D eigenvalue weighted by atomic mass is 9.77. The van der Waals surface area contributed by atoms with E-state index in [0.717, 1.165) is 18.4 Å². The summed E-state index contributed by atoms with van der Waals surface area (Å²) in [5.41, 5.74) is 1.00. The van der Waals surface area contributed by atoms with Crippen molar-refractivity contribution in [2.45, 2.75) is 37.8 Å². The zero-order valence-electron chi connectivity index (χ0n) is 14.7. The highest BCUT2D eigenvalue weighted by molar-refractivity contribution is 7.88. The van der Waals surface area contributed by atoms with Crippen LogP contribution in [0.25, 0.3) is 0 Å². The Hall–Kier alpha value is -1.44. The van der Waals surface area contributed by atoms with E-state index in [-0.39, 0.29) is 30.4 Å². The number of aliphatic hydroxyl groups is 1. The molecule has 1 heterocycles. The van der Waals surface area contributed by atoms with Crippen LogP contribution in [-0.4, -0.2) is 66.7 Å². The van der Waals surface area contributed by atoms with Crippen LogP contribution >= 0.6 is 0 Å². The van der Waals surface area contributed by atoms with Crippen molar-refractivity contribution in [1.82, 2.24) is 9.21 Å². The first-order valence-corrected chi connectivity index (χ1v) is 10.7. The molecule has 1 amide bonds. The number of likely N-dealkylation sites (N-methyl/N-ethyl adjacent to an activating group) is 1. The normalized spacial score (nSPS) is 26.9. The Kier molecular flexibility index (Phi) is 5.18. The van der Waals surface area contributed by atoms with Crippen molar-refractivity contribution in [2.24, 2.45) is 5.92 Å². The van der Waals surface area contributed by atoms with E-state index in [4.69, 9.17) is 0 Å². The van der Waals surface area contributed by atoms with Gasteiger partial charge in [0.15, 0.2) is 0 Å². The summed E-state index contributed by atoms with van der Waals surface area (Å²) in [4.78, 5) is 14.2. The molecule has 1 aromatic rings. The molecule has 1 aromatic carbocycles. The van der Waals surface area contributed by atoms with E-state index in [2.05, 4.69) is 0 Å². The van der Waals surface area contributed by atoms with Gasteiger partial charge in [-0.1, -0.05) is 30.3 Å². The van der Waals surface area contributed by atoms with Gasteiger partial charge in [0.05, 0.1) is 24.9 Å². The molecule has 2 fully saturated rings. The van der Waals surface area contributed by atoms with E-state index >= 15 is 0 Å². The first-order valence-electron chi connectivity index (χ1n) is 8.81. The molecule has 0 bridgehead atoms. The van der Waals surface area contributed by atoms with E-state index < -0.39 is 16.1 Å². The quantitative estimate of drug-likeness (QED) is 0.782. The van der Waals surface area contributed by atoms with Crippen molar-refractivity contribution in [1.29, 1.82) is 0 Å². The van der Waals surface area contributed by atoms with Crippen LogP contribution in [0.1, 0.15) is 31.2 Å². The second-order valence-corrected chi connectivity index (χ2v) is 8.89. The van der Waals surface area contributed by atoms with Gasteiger partial charge in [-0.3, -0.25) is 4.79 Å². The van der Waals surface area contributed by atoms with E-state index in [9.17, 15) is 18.3 Å². The van der Waals surface area contributed by atoms with Gasteiger partial charge >= 0.3 is 0 Å². The Bertz CT molecular complexity index is 718. The highest BCUT2D eigenvalue weighted by Gasteiger charge is 2.54. The summed E-state index contributed by atoms with van der Waals surface area (Å²) in [5, 5.41) is 9.78. The third-order valence-electron chi connectivity index (χ3n) is 5.26. The van der Waals surface area contributed by atoms with Gasteiger partial charge in [0.25, 0.3) is 0 Å².